The summed E-state index contributed by atoms with van der Waals surface area (Å²) < 4.78 is 29.2. The minimum Gasteiger partial charge on any atom is -0.378 e. The molecule has 2 aliphatic rings. The first-order chi connectivity index (χ1) is 16.1. The van der Waals surface area contributed by atoms with Gasteiger partial charge in [0.2, 0.25) is 0 Å². The van der Waals surface area contributed by atoms with Crippen LogP contribution < -0.4 is 10.0 Å². The number of sulfonamides is 1. The first-order valence-electron chi connectivity index (χ1n) is 11.9. The molecule has 2 N–H and O–H groups in total. The molecule has 0 spiro atoms. The number of hydrogen-bond acceptors (Lipinski definition) is 3. The molecule has 4 nitrogen and oxygen atoms in total. The van der Waals surface area contributed by atoms with Gasteiger partial charge in [0.1, 0.15) is 0 Å². The summed E-state index contributed by atoms with van der Waals surface area (Å²) in [5, 5.41) is 3.77. The molecule has 1 aliphatic heterocycles. The fourth-order valence-electron chi connectivity index (χ4n) is 5.73. The topological polar surface area (TPSA) is 58.2 Å². The maximum absolute atomic E-state index is 13.2. The molecule has 5 rings (SSSR count). The summed E-state index contributed by atoms with van der Waals surface area (Å²) in [6, 6.07) is 15.8. The molecule has 3 aromatic carbocycles. The van der Waals surface area contributed by atoms with E-state index in [0.717, 1.165) is 28.8 Å². The fourth-order valence-corrected chi connectivity index (χ4v) is 6.81. The van der Waals surface area contributed by atoms with Crippen molar-refractivity contribution in [1.82, 2.24) is 0 Å². The molecule has 0 radical (unpaired) electrons. The highest BCUT2D eigenvalue weighted by Gasteiger charge is 2.39. The Bertz CT molecular complexity index is 1400. The lowest BCUT2D eigenvalue weighted by atomic mass is 9.75. The molecule has 1 aliphatic carbocycles. The van der Waals surface area contributed by atoms with Crippen LogP contribution in [0.2, 0.25) is 0 Å². The van der Waals surface area contributed by atoms with Gasteiger partial charge in [0.25, 0.3) is 10.0 Å². The van der Waals surface area contributed by atoms with E-state index < -0.39 is 10.0 Å². The van der Waals surface area contributed by atoms with Gasteiger partial charge >= 0.3 is 0 Å². The largest absolute Gasteiger partial charge is 0.378 e. The summed E-state index contributed by atoms with van der Waals surface area (Å²) in [6.07, 6.45) is 5.47. The van der Waals surface area contributed by atoms with Crippen LogP contribution in [0, 0.1) is 40.5 Å². The van der Waals surface area contributed by atoms with Crippen molar-refractivity contribution in [3.05, 3.63) is 99.6 Å². The van der Waals surface area contributed by atoms with Crippen molar-refractivity contribution in [2.45, 2.75) is 57.9 Å². The van der Waals surface area contributed by atoms with Crippen molar-refractivity contribution in [1.29, 1.82) is 0 Å². The minimum absolute atomic E-state index is 0.193. The van der Waals surface area contributed by atoms with Gasteiger partial charge in [-0.2, -0.15) is 0 Å². The lowest BCUT2D eigenvalue weighted by Crippen LogP contribution is -2.30. The third-order valence-electron chi connectivity index (χ3n) is 7.45. The van der Waals surface area contributed by atoms with Crippen LogP contribution in [0.5, 0.6) is 0 Å². The van der Waals surface area contributed by atoms with Crippen LogP contribution >= 0.6 is 0 Å². The number of hydrogen-bond donors (Lipinski definition) is 2. The van der Waals surface area contributed by atoms with Crippen LogP contribution in [0.4, 0.5) is 11.4 Å². The Morgan fingerprint density at radius 1 is 0.853 bits per heavy atom. The molecular formula is C29H32N2O2S. The highest BCUT2D eigenvalue weighted by Crippen LogP contribution is 2.51. The first kappa shape index (κ1) is 22.7. The molecule has 34 heavy (non-hydrogen) atoms. The molecule has 1 heterocycles. The van der Waals surface area contributed by atoms with Crippen molar-refractivity contribution in [2.75, 3.05) is 10.0 Å². The van der Waals surface area contributed by atoms with Crippen LogP contribution in [0.1, 0.15) is 57.3 Å². The summed E-state index contributed by atoms with van der Waals surface area (Å²) in [5.41, 5.74) is 10.1. The van der Waals surface area contributed by atoms with Gasteiger partial charge in [-0.05, 0) is 111 Å². The van der Waals surface area contributed by atoms with Gasteiger partial charge in [-0.25, -0.2) is 8.42 Å². The van der Waals surface area contributed by atoms with Gasteiger partial charge in [0.05, 0.1) is 10.9 Å². The van der Waals surface area contributed by atoms with E-state index in [9.17, 15) is 8.42 Å². The zero-order valence-electron chi connectivity index (χ0n) is 20.4. The van der Waals surface area contributed by atoms with Crippen molar-refractivity contribution < 1.29 is 8.42 Å². The second-order valence-electron chi connectivity index (χ2n) is 9.94. The van der Waals surface area contributed by atoms with Gasteiger partial charge in [-0.3, -0.25) is 4.72 Å². The van der Waals surface area contributed by atoms with E-state index in [-0.39, 0.29) is 12.0 Å². The molecule has 0 aromatic heterocycles. The third-order valence-corrected chi connectivity index (χ3v) is 8.83. The average Bonchev–Trinajstić information content (AvgIpc) is 3.25. The molecule has 0 saturated carbocycles. The summed E-state index contributed by atoms with van der Waals surface area (Å²) in [7, 11) is -3.69. The standard InChI is InChI=1S/C29H32N2O2S/c1-17-13-20(4)28(21(5)14-17)29-25-8-6-7-24(25)26-16-23(11-12-27(26)30-29)34(32,33)31-22-10-9-18(2)19(3)15-22/h6-7,9-16,24-25,29-31H,8H2,1-5H3. The Morgan fingerprint density at radius 3 is 2.29 bits per heavy atom. The average molecular weight is 473 g/mol. The van der Waals surface area contributed by atoms with Gasteiger partial charge in [-0.15, -0.1) is 0 Å². The molecule has 176 valence electrons. The number of aryl methyl sites for hydroxylation is 5. The van der Waals surface area contributed by atoms with Crippen LogP contribution in [0.25, 0.3) is 0 Å². The zero-order chi connectivity index (χ0) is 24.2. The van der Waals surface area contributed by atoms with E-state index in [4.69, 9.17) is 0 Å². The maximum Gasteiger partial charge on any atom is 0.261 e. The number of nitrogens with one attached hydrogen (secondary N) is 2. The van der Waals surface area contributed by atoms with E-state index in [1.54, 1.807) is 6.07 Å². The second-order valence-corrected chi connectivity index (χ2v) is 11.6. The number of fused-ring (bicyclic) bond motifs is 3. The number of rotatable bonds is 4. The first-order valence-corrected chi connectivity index (χ1v) is 13.4. The maximum atomic E-state index is 13.2. The second kappa shape index (κ2) is 8.31. The monoisotopic (exact) mass is 472 g/mol. The summed E-state index contributed by atoms with van der Waals surface area (Å²) in [5.74, 6) is 0.552. The number of anilines is 2. The van der Waals surface area contributed by atoms with Crippen molar-refractivity contribution in [3.8, 4) is 0 Å². The van der Waals surface area contributed by atoms with Crippen LogP contribution in [-0.2, 0) is 10.0 Å². The van der Waals surface area contributed by atoms with E-state index in [1.165, 1.54) is 22.3 Å². The van der Waals surface area contributed by atoms with E-state index in [1.807, 2.05) is 44.2 Å². The molecule has 0 saturated heterocycles. The van der Waals surface area contributed by atoms with E-state index in [2.05, 4.69) is 55.1 Å². The molecule has 3 atom stereocenters. The predicted octanol–water partition coefficient (Wildman–Crippen LogP) is 6.86. The Kier molecular flexibility index (Phi) is 5.56. The van der Waals surface area contributed by atoms with Gasteiger partial charge in [-0.1, -0.05) is 35.9 Å². The van der Waals surface area contributed by atoms with Gasteiger partial charge in [0.15, 0.2) is 0 Å². The molecular weight excluding hydrogens is 440 g/mol. The third kappa shape index (κ3) is 3.92. The Labute approximate surface area is 203 Å². The summed E-state index contributed by atoms with van der Waals surface area (Å²) in [4.78, 5) is 0.298. The summed E-state index contributed by atoms with van der Waals surface area (Å²) in [6.45, 7) is 10.5. The van der Waals surface area contributed by atoms with E-state index >= 15 is 0 Å². The smallest absolute Gasteiger partial charge is 0.261 e. The quantitative estimate of drug-likeness (QED) is 0.408. The van der Waals surface area contributed by atoms with Gasteiger partial charge in [0, 0.05) is 17.3 Å². The van der Waals surface area contributed by atoms with Crippen LogP contribution in [0.15, 0.2) is 65.6 Å². The molecule has 3 aromatic rings. The van der Waals surface area contributed by atoms with Crippen LogP contribution in [-0.4, -0.2) is 8.42 Å². The van der Waals surface area contributed by atoms with Gasteiger partial charge < -0.3 is 5.32 Å². The molecule has 3 unspecified atom stereocenters. The Morgan fingerprint density at radius 2 is 1.59 bits per heavy atom. The Hall–Kier alpha value is -3.05. The predicted molar refractivity (Wildman–Crippen MR) is 140 cm³/mol. The molecule has 0 fully saturated rings. The van der Waals surface area contributed by atoms with Crippen molar-refractivity contribution in [2.24, 2.45) is 5.92 Å². The zero-order valence-corrected chi connectivity index (χ0v) is 21.3. The fraction of sp³-hybridized carbons (Fsp3) is 0.310. The summed E-state index contributed by atoms with van der Waals surface area (Å²) >= 11 is 0. The molecule has 0 amide bonds. The molecule has 5 heteroatoms. The Balaban J connectivity index is 1.51. The SMILES string of the molecule is Cc1cc(C)c(C2Nc3ccc(S(=O)(=O)Nc4ccc(C)c(C)c4)cc3C3C=CCC32)c(C)c1. The van der Waals surface area contributed by atoms with E-state index in [0.29, 0.717) is 16.5 Å². The molecule has 0 bridgehead atoms. The van der Waals surface area contributed by atoms with Crippen molar-refractivity contribution >= 4 is 21.4 Å². The lowest BCUT2D eigenvalue weighted by molar-refractivity contribution is 0.422. The highest BCUT2D eigenvalue weighted by molar-refractivity contribution is 7.92. The lowest BCUT2D eigenvalue weighted by Gasteiger charge is -2.39. The minimum atomic E-state index is -3.69. The van der Waals surface area contributed by atoms with Crippen LogP contribution in [0.3, 0.4) is 0 Å². The number of benzene rings is 3. The highest BCUT2D eigenvalue weighted by atomic mass is 32.2. The normalized spacial score (nSPS) is 21.0. The van der Waals surface area contributed by atoms with Crippen molar-refractivity contribution in [3.63, 3.8) is 0 Å². The number of allylic oxidation sites excluding steroid dienone is 2.